The molecular formula is C26H27N3O4. The summed E-state index contributed by atoms with van der Waals surface area (Å²) in [5, 5.41) is 0. The average molecular weight is 446 g/mol. The number of benzene rings is 2. The molecule has 33 heavy (non-hydrogen) atoms. The first-order chi connectivity index (χ1) is 16.2. The summed E-state index contributed by atoms with van der Waals surface area (Å²) < 4.78 is 17.4. The van der Waals surface area contributed by atoms with E-state index in [1.807, 2.05) is 18.2 Å². The SMILES string of the molecule is O=c1cc(N2CCOCC2)cc(-c2cccc3c2Oc2ccc(N4CCOCC4)cc2C3)[nH]1. The number of ether oxygens (including phenoxy) is 3. The molecule has 0 unspecified atom stereocenters. The molecule has 0 atom stereocenters. The second kappa shape index (κ2) is 8.57. The first kappa shape index (κ1) is 20.3. The fraction of sp³-hybridized carbons (Fsp3) is 0.346. The number of hydrogen-bond donors (Lipinski definition) is 1. The van der Waals surface area contributed by atoms with Crippen LogP contribution in [0.4, 0.5) is 11.4 Å². The molecule has 0 spiro atoms. The van der Waals surface area contributed by atoms with Gasteiger partial charge in [-0.2, -0.15) is 0 Å². The highest BCUT2D eigenvalue weighted by atomic mass is 16.5. The fourth-order valence-electron chi connectivity index (χ4n) is 4.87. The minimum atomic E-state index is -0.113. The molecule has 0 aliphatic carbocycles. The Morgan fingerprint density at radius 3 is 2.24 bits per heavy atom. The summed E-state index contributed by atoms with van der Waals surface area (Å²) in [5.41, 5.74) is 5.99. The van der Waals surface area contributed by atoms with Crippen molar-refractivity contribution in [1.82, 2.24) is 4.98 Å². The maximum atomic E-state index is 12.5. The minimum absolute atomic E-state index is 0.113. The van der Waals surface area contributed by atoms with Gasteiger partial charge < -0.3 is 29.0 Å². The van der Waals surface area contributed by atoms with Gasteiger partial charge in [-0.05, 0) is 35.9 Å². The van der Waals surface area contributed by atoms with E-state index in [4.69, 9.17) is 14.2 Å². The van der Waals surface area contributed by atoms with Gasteiger partial charge in [-0.3, -0.25) is 4.79 Å². The lowest BCUT2D eigenvalue weighted by atomic mass is 9.96. The Kier molecular flexibility index (Phi) is 5.28. The standard InChI is InChI=1S/C26H27N3O4/c30-25-17-21(29-8-12-32-13-9-29)16-23(27-25)22-3-1-2-18-14-19-15-20(28-6-10-31-11-7-28)4-5-24(19)33-26(18)22/h1-5,15-17H,6-14H2,(H,27,30). The Hall–Kier alpha value is -3.29. The molecule has 1 N–H and O–H groups in total. The monoisotopic (exact) mass is 445 g/mol. The highest BCUT2D eigenvalue weighted by molar-refractivity contribution is 5.74. The third-order valence-corrected chi connectivity index (χ3v) is 6.61. The molecule has 1 aromatic heterocycles. The third-order valence-electron chi connectivity index (χ3n) is 6.61. The molecule has 3 aliphatic heterocycles. The van der Waals surface area contributed by atoms with Crippen molar-refractivity contribution in [3.05, 3.63) is 70.0 Å². The van der Waals surface area contributed by atoms with Gasteiger partial charge >= 0.3 is 0 Å². The van der Waals surface area contributed by atoms with E-state index in [0.29, 0.717) is 13.2 Å². The van der Waals surface area contributed by atoms with Gasteiger partial charge in [0.05, 0.1) is 32.1 Å². The van der Waals surface area contributed by atoms with Crippen LogP contribution >= 0.6 is 0 Å². The predicted octanol–water partition coefficient (Wildman–Crippen LogP) is 3.41. The van der Waals surface area contributed by atoms with E-state index in [1.54, 1.807) is 6.07 Å². The first-order valence-electron chi connectivity index (χ1n) is 11.6. The van der Waals surface area contributed by atoms with Gasteiger partial charge in [0.1, 0.15) is 11.5 Å². The van der Waals surface area contributed by atoms with Crippen LogP contribution in [0.15, 0.2) is 53.3 Å². The summed E-state index contributed by atoms with van der Waals surface area (Å²) in [5.74, 6) is 1.69. The number of nitrogens with one attached hydrogen (secondary N) is 1. The van der Waals surface area contributed by atoms with Crippen LogP contribution in [0.5, 0.6) is 11.5 Å². The topological polar surface area (TPSA) is 67.0 Å². The fourth-order valence-corrected chi connectivity index (χ4v) is 4.87. The predicted molar refractivity (Wildman–Crippen MR) is 128 cm³/mol. The number of H-pyrrole nitrogens is 1. The van der Waals surface area contributed by atoms with Crippen molar-refractivity contribution in [2.75, 3.05) is 62.4 Å². The second-order valence-corrected chi connectivity index (χ2v) is 8.68. The van der Waals surface area contributed by atoms with Gasteiger partial charge in [0.25, 0.3) is 0 Å². The van der Waals surface area contributed by atoms with Crippen molar-refractivity contribution in [3.63, 3.8) is 0 Å². The number of aromatic nitrogens is 1. The molecule has 7 nitrogen and oxygen atoms in total. The molecule has 6 rings (SSSR count). The largest absolute Gasteiger partial charge is 0.456 e. The number of aromatic amines is 1. The summed E-state index contributed by atoms with van der Waals surface area (Å²) in [7, 11) is 0. The van der Waals surface area contributed by atoms with E-state index in [0.717, 1.165) is 79.8 Å². The molecule has 3 aromatic rings. The van der Waals surface area contributed by atoms with Crippen molar-refractivity contribution >= 4 is 11.4 Å². The van der Waals surface area contributed by atoms with E-state index < -0.39 is 0 Å². The van der Waals surface area contributed by atoms with E-state index in [1.165, 1.54) is 11.3 Å². The average Bonchev–Trinajstić information content (AvgIpc) is 2.87. The zero-order valence-corrected chi connectivity index (χ0v) is 18.5. The Labute approximate surface area is 192 Å². The van der Waals surface area contributed by atoms with Crippen LogP contribution in [0.3, 0.4) is 0 Å². The smallest absolute Gasteiger partial charge is 0.250 e. The van der Waals surface area contributed by atoms with Crippen LogP contribution < -0.4 is 20.1 Å². The van der Waals surface area contributed by atoms with Gasteiger partial charge in [0.15, 0.2) is 0 Å². The Balaban J connectivity index is 1.33. The van der Waals surface area contributed by atoms with Crippen LogP contribution in [0.1, 0.15) is 11.1 Å². The molecule has 3 aliphatic rings. The molecule has 2 saturated heterocycles. The molecule has 2 fully saturated rings. The second-order valence-electron chi connectivity index (χ2n) is 8.68. The van der Waals surface area contributed by atoms with Crippen molar-refractivity contribution in [1.29, 1.82) is 0 Å². The van der Waals surface area contributed by atoms with Crippen molar-refractivity contribution in [3.8, 4) is 22.8 Å². The van der Waals surface area contributed by atoms with E-state index in [-0.39, 0.29) is 5.56 Å². The van der Waals surface area contributed by atoms with Crippen LogP contribution in [-0.4, -0.2) is 57.6 Å². The highest BCUT2D eigenvalue weighted by Crippen LogP contribution is 2.43. The third kappa shape index (κ3) is 3.98. The first-order valence-corrected chi connectivity index (χ1v) is 11.6. The van der Waals surface area contributed by atoms with Gasteiger partial charge in [-0.1, -0.05) is 12.1 Å². The van der Waals surface area contributed by atoms with Gasteiger partial charge in [-0.25, -0.2) is 0 Å². The van der Waals surface area contributed by atoms with Crippen molar-refractivity contribution < 1.29 is 14.2 Å². The Bertz CT molecular complexity index is 1230. The zero-order chi connectivity index (χ0) is 22.2. The highest BCUT2D eigenvalue weighted by Gasteiger charge is 2.23. The molecular weight excluding hydrogens is 418 g/mol. The lowest BCUT2D eigenvalue weighted by Crippen LogP contribution is -2.36. The van der Waals surface area contributed by atoms with Crippen molar-refractivity contribution in [2.45, 2.75) is 6.42 Å². The molecule has 0 amide bonds. The van der Waals surface area contributed by atoms with E-state index in [2.05, 4.69) is 39.0 Å². The summed E-state index contributed by atoms with van der Waals surface area (Å²) in [6, 6.07) is 16.3. The number of nitrogens with zero attached hydrogens (tertiary/aromatic N) is 2. The van der Waals surface area contributed by atoms with Gasteiger partial charge in [0, 0.05) is 61.2 Å². The minimum Gasteiger partial charge on any atom is -0.456 e. The molecule has 2 aromatic carbocycles. The molecule has 4 heterocycles. The van der Waals surface area contributed by atoms with Crippen LogP contribution in [-0.2, 0) is 15.9 Å². The molecule has 0 saturated carbocycles. The van der Waals surface area contributed by atoms with Gasteiger partial charge in [0.2, 0.25) is 5.56 Å². The summed E-state index contributed by atoms with van der Waals surface area (Å²) in [6.45, 7) is 6.27. The number of fused-ring (bicyclic) bond motifs is 2. The maximum Gasteiger partial charge on any atom is 0.250 e. The van der Waals surface area contributed by atoms with Gasteiger partial charge in [-0.15, -0.1) is 0 Å². The summed E-state index contributed by atoms with van der Waals surface area (Å²) in [4.78, 5) is 20.1. The Morgan fingerprint density at radius 2 is 1.48 bits per heavy atom. The lowest BCUT2D eigenvalue weighted by Gasteiger charge is -2.30. The summed E-state index contributed by atoms with van der Waals surface area (Å²) >= 11 is 0. The number of hydrogen-bond acceptors (Lipinski definition) is 6. The number of anilines is 2. The molecule has 170 valence electrons. The van der Waals surface area contributed by atoms with Crippen LogP contribution in [0.2, 0.25) is 0 Å². The normalized spacial score (nSPS) is 17.8. The quantitative estimate of drug-likeness (QED) is 0.521. The molecule has 7 heteroatoms. The Morgan fingerprint density at radius 1 is 0.758 bits per heavy atom. The number of para-hydroxylation sites is 1. The van der Waals surface area contributed by atoms with E-state index in [9.17, 15) is 4.79 Å². The zero-order valence-electron chi connectivity index (χ0n) is 18.5. The molecule has 0 bridgehead atoms. The van der Waals surface area contributed by atoms with Crippen molar-refractivity contribution in [2.24, 2.45) is 0 Å². The van der Waals surface area contributed by atoms with Crippen LogP contribution in [0, 0.1) is 0 Å². The number of morpholine rings is 2. The number of rotatable bonds is 3. The maximum absolute atomic E-state index is 12.5. The lowest BCUT2D eigenvalue weighted by molar-refractivity contribution is 0.122. The summed E-state index contributed by atoms with van der Waals surface area (Å²) in [6.07, 6.45) is 0.796. The molecule has 0 radical (unpaired) electrons. The van der Waals surface area contributed by atoms with Crippen LogP contribution in [0.25, 0.3) is 11.3 Å². The van der Waals surface area contributed by atoms with E-state index >= 15 is 0 Å². The number of pyridine rings is 1.